The average Bonchev–Trinajstić information content (AvgIpc) is 3.04. The highest BCUT2D eigenvalue weighted by atomic mass is 16.5. The van der Waals surface area contributed by atoms with E-state index in [1.165, 1.54) is 13.2 Å². The Hall–Kier alpha value is -2.54. The normalized spacial score (nSPS) is 17.7. The molecule has 0 radical (unpaired) electrons. The molecule has 7 heteroatoms. The molecule has 1 amide bonds. The van der Waals surface area contributed by atoms with Crippen molar-refractivity contribution in [2.45, 2.75) is 18.8 Å². The van der Waals surface area contributed by atoms with E-state index >= 15 is 0 Å². The van der Waals surface area contributed by atoms with Crippen molar-refractivity contribution in [3.05, 3.63) is 35.5 Å². The Morgan fingerprint density at radius 1 is 1.52 bits per heavy atom. The van der Waals surface area contributed by atoms with Gasteiger partial charge in [-0.15, -0.1) is 0 Å². The number of phenolic OH excluding ortho intramolecular Hbond substituents is 1. The molecular weight excluding hydrogens is 298 g/mol. The van der Waals surface area contributed by atoms with Crippen LogP contribution in [0.2, 0.25) is 0 Å². The Labute approximate surface area is 133 Å². The Kier molecular flexibility index (Phi) is 4.47. The van der Waals surface area contributed by atoms with E-state index in [0.29, 0.717) is 12.4 Å². The number of rotatable bonds is 4. The highest BCUT2D eigenvalue weighted by molar-refractivity contribution is 6.06. The molecule has 1 saturated heterocycles. The molecule has 122 valence electrons. The van der Waals surface area contributed by atoms with E-state index in [-0.39, 0.29) is 23.0 Å². The number of hydrogen-bond acceptors (Lipinski definition) is 5. The van der Waals surface area contributed by atoms with Crippen LogP contribution >= 0.6 is 0 Å². The maximum atomic E-state index is 12.3. The maximum absolute atomic E-state index is 12.3. The minimum Gasteiger partial charge on any atom is -0.504 e. The summed E-state index contributed by atoms with van der Waals surface area (Å²) in [5.74, 6) is 0.299. The van der Waals surface area contributed by atoms with E-state index < -0.39 is 5.91 Å². The van der Waals surface area contributed by atoms with Gasteiger partial charge in [0, 0.05) is 24.3 Å². The lowest BCUT2D eigenvalue weighted by atomic mass is 9.99. The third-order valence-corrected chi connectivity index (χ3v) is 3.90. The Bertz CT molecular complexity index is 692. The van der Waals surface area contributed by atoms with Gasteiger partial charge in [-0.05, 0) is 25.0 Å². The van der Waals surface area contributed by atoms with E-state index in [9.17, 15) is 9.90 Å². The van der Waals surface area contributed by atoms with E-state index in [1.54, 1.807) is 18.2 Å². The molecule has 1 aliphatic rings. The van der Waals surface area contributed by atoms with Crippen LogP contribution in [-0.4, -0.2) is 41.5 Å². The van der Waals surface area contributed by atoms with E-state index in [0.717, 1.165) is 25.1 Å². The topological polar surface area (TPSA) is 96.5 Å². The van der Waals surface area contributed by atoms with Crippen molar-refractivity contribution >= 4 is 11.7 Å². The van der Waals surface area contributed by atoms with Crippen molar-refractivity contribution in [2.75, 3.05) is 25.6 Å². The predicted octanol–water partition coefficient (Wildman–Crippen LogP) is 2.27. The molecule has 0 bridgehead atoms. The minimum absolute atomic E-state index is 0.134. The maximum Gasteiger partial charge on any atom is 0.260 e. The van der Waals surface area contributed by atoms with Crippen molar-refractivity contribution in [3.63, 3.8) is 0 Å². The number of methoxy groups -OCH3 is 1. The number of benzene rings is 1. The number of H-pyrrole nitrogens is 1. The van der Waals surface area contributed by atoms with Crippen LogP contribution in [0.1, 0.15) is 34.8 Å². The lowest BCUT2D eigenvalue weighted by Crippen LogP contribution is -2.15. The van der Waals surface area contributed by atoms with Gasteiger partial charge in [0.05, 0.1) is 19.3 Å². The highest BCUT2D eigenvalue weighted by Crippen LogP contribution is 2.30. The number of para-hydroxylation sites is 1. The van der Waals surface area contributed by atoms with Crippen molar-refractivity contribution in [2.24, 2.45) is 0 Å². The molecule has 0 aliphatic carbocycles. The zero-order valence-corrected chi connectivity index (χ0v) is 12.8. The van der Waals surface area contributed by atoms with Gasteiger partial charge in [-0.2, -0.15) is 5.10 Å². The van der Waals surface area contributed by atoms with Gasteiger partial charge < -0.3 is 19.9 Å². The van der Waals surface area contributed by atoms with E-state index in [4.69, 9.17) is 9.47 Å². The number of carbonyl (C=O) groups is 1. The first kappa shape index (κ1) is 15.4. The summed E-state index contributed by atoms with van der Waals surface area (Å²) in [4.78, 5) is 12.3. The van der Waals surface area contributed by atoms with Gasteiger partial charge in [-0.25, -0.2) is 0 Å². The summed E-state index contributed by atoms with van der Waals surface area (Å²) in [6.45, 7) is 1.45. The largest absolute Gasteiger partial charge is 0.504 e. The molecule has 1 fully saturated rings. The molecule has 7 nitrogen and oxygen atoms in total. The third-order valence-electron chi connectivity index (χ3n) is 3.90. The van der Waals surface area contributed by atoms with Gasteiger partial charge in [0.15, 0.2) is 17.3 Å². The van der Waals surface area contributed by atoms with Gasteiger partial charge in [0.1, 0.15) is 0 Å². The highest BCUT2D eigenvalue weighted by Gasteiger charge is 2.20. The Morgan fingerprint density at radius 3 is 3.13 bits per heavy atom. The molecule has 1 aromatic heterocycles. The molecule has 0 unspecified atom stereocenters. The Balaban J connectivity index is 1.72. The molecule has 1 atom stereocenters. The van der Waals surface area contributed by atoms with Gasteiger partial charge >= 0.3 is 0 Å². The monoisotopic (exact) mass is 317 g/mol. The fourth-order valence-electron chi connectivity index (χ4n) is 2.65. The number of aromatic nitrogens is 2. The van der Waals surface area contributed by atoms with Gasteiger partial charge in [-0.3, -0.25) is 9.89 Å². The second kappa shape index (κ2) is 6.70. The van der Waals surface area contributed by atoms with Gasteiger partial charge in [0.2, 0.25) is 0 Å². The van der Waals surface area contributed by atoms with Crippen molar-refractivity contribution in [1.82, 2.24) is 10.2 Å². The molecule has 0 spiro atoms. The molecule has 3 rings (SSSR count). The van der Waals surface area contributed by atoms with Gasteiger partial charge in [-0.1, -0.05) is 6.07 Å². The number of anilines is 1. The van der Waals surface area contributed by atoms with Crippen LogP contribution in [0, 0.1) is 0 Å². The standard InChI is InChI=1S/C16H19N3O4/c1-22-13-6-2-5-11(15(13)20)16(21)17-14-8-12(18-19-14)10-4-3-7-23-9-10/h2,5-6,8,10,20H,3-4,7,9H2,1H3,(H2,17,18,19,21)/t10-/m0/s1. The molecule has 0 saturated carbocycles. The van der Waals surface area contributed by atoms with Crippen molar-refractivity contribution in [3.8, 4) is 11.5 Å². The lowest BCUT2D eigenvalue weighted by Gasteiger charge is -2.20. The number of nitrogens with zero attached hydrogens (tertiary/aromatic N) is 1. The number of aromatic hydroxyl groups is 1. The average molecular weight is 317 g/mol. The zero-order valence-electron chi connectivity index (χ0n) is 12.8. The first-order chi connectivity index (χ1) is 11.2. The number of phenols is 1. The number of carbonyl (C=O) groups excluding carboxylic acids is 1. The summed E-state index contributed by atoms with van der Waals surface area (Å²) in [6, 6.07) is 6.55. The van der Waals surface area contributed by atoms with Crippen molar-refractivity contribution < 1.29 is 19.4 Å². The van der Waals surface area contributed by atoms with Crippen LogP contribution in [-0.2, 0) is 4.74 Å². The van der Waals surface area contributed by atoms with Crippen LogP contribution in [0.3, 0.4) is 0 Å². The SMILES string of the molecule is COc1cccc(C(=O)Nc2cc([C@H]3CCCOC3)[nH]n2)c1O. The van der Waals surface area contributed by atoms with Crippen molar-refractivity contribution in [1.29, 1.82) is 0 Å². The predicted molar refractivity (Wildman–Crippen MR) is 84.0 cm³/mol. The quantitative estimate of drug-likeness (QED) is 0.804. The number of hydrogen-bond donors (Lipinski definition) is 3. The van der Waals surface area contributed by atoms with Crippen LogP contribution in [0.4, 0.5) is 5.82 Å². The fraction of sp³-hybridized carbons (Fsp3) is 0.375. The smallest absolute Gasteiger partial charge is 0.260 e. The van der Waals surface area contributed by atoms with Crippen LogP contribution < -0.4 is 10.1 Å². The zero-order chi connectivity index (χ0) is 16.2. The van der Waals surface area contributed by atoms with Gasteiger partial charge in [0.25, 0.3) is 5.91 Å². The molecule has 2 heterocycles. The summed E-state index contributed by atoms with van der Waals surface area (Å²) in [6.07, 6.45) is 2.05. The molecule has 1 aromatic carbocycles. The number of aromatic amines is 1. The fourth-order valence-corrected chi connectivity index (χ4v) is 2.65. The van der Waals surface area contributed by atoms with E-state index in [1.807, 2.05) is 0 Å². The molecule has 1 aliphatic heterocycles. The van der Waals surface area contributed by atoms with E-state index in [2.05, 4.69) is 15.5 Å². The minimum atomic E-state index is -0.445. The number of ether oxygens (including phenoxy) is 2. The summed E-state index contributed by atoms with van der Waals surface area (Å²) >= 11 is 0. The summed E-state index contributed by atoms with van der Waals surface area (Å²) in [5.41, 5.74) is 1.07. The molecule has 23 heavy (non-hydrogen) atoms. The van der Waals surface area contributed by atoms with Crippen LogP contribution in [0.5, 0.6) is 11.5 Å². The summed E-state index contributed by atoms with van der Waals surface area (Å²) < 4.78 is 10.5. The first-order valence-electron chi connectivity index (χ1n) is 7.49. The number of amides is 1. The second-order valence-corrected chi connectivity index (χ2v) is 5.43. The second-order valence-electron chi connectivity index (χ2n) is 5.43. The first-order valence-corrected chi connectivity index (χ1v) is 7.49. The third kappa shape index (κ3) is 3.29. The molecular formula is C16H19N3O4. The number of nitrogens with one attached hydrogen (secondary N) is 2. The van der Waals surface area contributed by atoms with Crippen LogP contribution in [0.15, 0.2) is 24.3 Å². The summed E-state index contributed by atoms with van der Waals surface area (Å²) in [7, 11) is 1.43. The van der Waals surface area contributed by atoms with Crippen LogP contribution in [0.25, 0.3) is 0 Å². The Morgan fingerprint density at radius 2 is 2.39 bits per heavy atom. The molecule has 2 aromatic rings. The summed E-state index contributed by atoms with van der Waals surface area (Å²) in [5, 5.41) is 19.7. The lowest BCUT2D eigenvalue weighted by molar-refractivity contribution is 0.0793. The molecule has 3 N–H and O–H groups in total.